The van der Waals surface area contributed by atoms with E-state index in [4.69, 9.17) is 21.3 Å². The van der Waals surface area contributed by atoms with Gasteiger partial charge in [-0.2, -0.15) is 5.26 Å². The summed E-state index contributed by atoms with van der Waals surface area (Å²) in [6.45, 7) is 1.72. The van der Waals surface area contributed by atoms with E-state index < -0.39 is 5.25 Å². The number of halogens is 1. The van der Waals surface area contributed by atoms with Crippen molar-refractivity contribution in [1.29, 1.82) is 5.26 Å². The van der Waals surface area contributed by atoms with Crippen molar-refractivity contribution in [3.8, 4) is 17.5 Å². The Labute approximate surface area is 159 Å². The van der Waals surface area contributed by atoms with Crippen molar-refractivity contribution in [2.75, 3.05) is 5.32 Å². The number of nitriles is 1. The molecule has 26 heavy (non-hydrogen) atoms. The Morgan fingerprint density at radius 3 is 2.69 bits per heavy atom. The molecule has 1 amide bonds. The maximum Gasteiger partial charge on any atom is 0.277 e. The fraction of sp³-hybridized carbons (Fsp3) is 0.111. The van der Waals surface area contributed by atoms with Crippen LogP contribution in [0.15, 0.2) is 58.2 Å². The number of carbonyl (C=O) groups excluding carboxylic acids is 1. The first-order valence-electron chi connectivity index (χ1n) is 7.63. The third kappa shape index (κ3) is 4.23. The Bertz CT molecular complexity index is 966. The molecular weight excluding hydrogens is 372 g/mol. The molecule has 3 aromatic rings. The van der Waals surface area contributed by atoms with Gasteiger partial charge in [0.2, 0.25) is 11.8 Å². The summed E-state index contributed by atoms with van der Waals surface area (Å²) in [6, 6.07) is 15.9. The van der Waals surface area contributed by atoms with Gasteiger partial charge < -0.3 is 9.73 Å². The highest BCUT2D eigenvalue weighted by Gasteiger charge is 2.19. The second kappa shape index (κ2) is 8.04. The van der Waals surface area contributed by atoms with Crippen LogP contribution in [0.1, 0.15) is 12.5 Å². The number of para-hydroxylation sites is 1. The lowest BCUT2D eigenvalue weighted by Crippen LogP contribution is -2.22. The highest BCUT2D eigenvalue weighted by Crippen LogP contribution is 2.27. The number of hydrogen-bond acceptors (Lipinski definition) is 6. The van der Waals surface area contributed by atoms with Crippen molar-refractivity contribution in [2.45, 2.75) is 17.4 Å². The molecule has 0 unspecified atom stereocenters. The molecule has 0 saturated carbocycles. The predicted octanol–water partition coefficient (Wildman–Crippen LogP) is 4.38. The lowest BCUT2D eigenvalue weighted by atomic mass is 10.2. The van der Waals surface area contributed by atoms with Crippen LogP contribution in [0, 0.1) is 11.3 Å². The fourth-order valence-electron chi connectivity index (χ4n) is 2.10. The fourth-order valence-corrected chi connectivity index (χ4v) is 2.90. The normalized spacial score (nSPS) is 11.6. The third-order valence-corrected chi connectivity index (χ3v) is 4.64. The van der Waals surface area contributed by atoms with E-state index in [0.717, 1.165) is 17.3 Å². The summed E-state index contributed by atoms with van der Waals surface area (Å²) < 4.78 is 5.59. The van der Waals surface area contributed by atoms with Gasteiger partial charge in [-0.15, -0.1) is 10.2 Å². The number of rotatable bonds is 5. The summed E-state index contributed by atoms with van der Waals surface area (Å²) in [5.41, 5.74) is 1.62. The second-order valence-corrected chi connectivity index (χ2v) is 7.02. The first-order chi connectivity index (χ1) is 12.6. The first-order valence-corrected chi connectivity index (χ1v) is 8.88. The number of carbonyl (C=O) groups is 1. The molecule has 1 aromatic heterocycles. The van der Waals surface area contributed by atoms with Crippen molar-refractivity contribution in [1.82, 2.24) is 10.2 Å². The largest absolute Gasteiger partial charge is 0.411 e. The minimum Gasteiger partial charge on any atom is -0.411 e. The SMILES string of the molecule is C[C@H](Sc1nnc(-c2ccc(Cl)cc2)o1)C(=O)Nc1ccccc1C#N. The van der Waals surface area contributed by atoms with Crippen LogP contribution in [0.2, 0.25) is 5.02 Å². The van der Waals surface area contributed by atoms with Crippen LogP contribution in [0.3, 0.4) is 0 Å². The molecule has 0 bridgehead atoms. The number of anilines is 1. The Balaban J connectivity index is 1.66. The van der Waals surface area contributed by atoms with Gasteiger partial charge in [0.25, 0.3) is 5.22 Å². The topological polar surface area (TPSA) is 91.8 Å². The highest BCUT2D eigenvalue weighted by molar-refractivity contribution is 8.00. The van der Waals surface area contributed by atoms with E-state index in [2.05, 4.69) is 15.5 Å². The van der Waals surface area contributed by atoms with Gasteiger partial charge >= 0.3 is 0 Å². The Kier molecular flexibility index (Phi) is 5.56. The zero-order valence-electron chi connectivity index (χ0n) is 13.6. The van der Waals surface area contributed by atoms with E-state index in [1.807, 2.05) is 6.07 Å². The van der Waals surface area contributed by atoms with Gasteiger partial charge in [-0.1, -0.05) is 35.5 Å². The van der Waals surface area contributed by atoms with Crippen LogP contribution in [-0.2, 0) is 4.79 Å². The molecule has 3 rings (SSSR count). The lowest BCUT2D eigenvalue weighted by Gasteiger charge is -2.10. The van der Waals surface area contributed by atoms with Crippen LogP contribution < -0.4 is 5.32 Å². The van der Waals surface area contributed by atoms with Gasteiger partial charge in [0.05, 0.1) is 16.5 Å². The van der Waals surface area contributed by atoms with E-state index in [1.165, 1.54) is 0 Å². The molecule has 0 aliphatic heterocycles. The van der Waals surface area contributed by atoms with Crippen molar-refractivity contribution in [2.24, 2.45) is 0 Å². The van der Waals surface area contributed by atoms with Crippen molar-refractivity contribution >= 4 is 35.0 Å². The van der Waals surface area contributed by atoms with E-state index in [-0.39, 0.29) is 11.1 Å². The van der Waals surface area contributed by atoms with Crippen LogP contribution >= 0.6 is 23.4 Å². The summed E-state index contributed by atoms with van der Waals surface area (Å²) in [5.74, 6) is 0.0931. The van der Waals surface area contributed by atoms with Gasteiger partial charge in [-0.05, 0) is 43.3 Å². The van der Waals surface area contributed by atoms with E-state index in [0.29, 0.717) is 22.2 Å². The molecule has 1 N–H and O–H groups in total. The number of hydrogen-bond donors (Lipinski definition) is 1. The summed E-state index contributed by atoms with van der Waals surface area (Å²) in [6.07, 6.45) is 0. The van der Waals surface area contributed by atoms with Crippen LogP contribution in [0.4, 0.5) is 5.69 Å². The second-order valence-electron chi connectivity index (χ2n) is 5.29. The van der Waals surface area contributed by atoms with Crippen LogP contribution in [0.5, 0.6) is 0 Å². The molecule has 1 atom stereocenters. The lowest BCUT2D eigenvalue weighted by molar-refractivity contribution is -0.115. The zero-order valence-corrected chi connectivity index (χ0v) is 15.2. The van der Waals surface area contributed by atoms with Crippen LogP contribution in [0.25, 0.3) is 11.5 Å². The average molecular weight is 385 g/mol. The molecular formula is C18H13ClN4O2S. The molecule has 130 valence electrons. The molecule has 2 aromatic carbocycles. The van der Waals surface area contributed by atoms with Gasteiger partial charge in [-0.3, -0.25) is 4.79 Å². The zero-order chi connectivity index (χ0) is 18.5. The van der Waals surface area contributed by atoms with E-state index in [9.17, 15) is 4.79 Å². The molecule has 0 fully saturated rings. The highest BCUT2D eigenvalue weighted by atomic mass is 35.5. The summed E-state index contributed by atoms with van der Waals surface area (Å²) in [4.78, 5) is 12.4. The van der Waals surface area contributed by atoms with Gasteiger partial charge in [-0.25, -0.2) is 0 Å². The van der Waals surface area contributed by atoms with Crippen molar-refractivity contribution < 1.29 is 9.21 Å². The number of nitrogens with one attached hydrogen (secondary N) is 1. The average Bonchev–Trinajstić information content (AvgIpc) is 3.11. The third-order valence-electron chi connectivity index (χ3n) is 3.45. The molecule has 0 radical (unpaired) electrons. The van der Waals surface area contributed by atoms with Crippen LogP contribution in [-0.4, -0.2) is 21.4 Å². The van der Waals surface area contributed by atoms with Gasteiger partial charge in [0.15, 0.2) is 0 Å². The molecule has 0 spiro atoms. The number of amides is 1. The number of nitrogens with zero attached hydrogens (tertiary/aromatic N) is 3. The molecule has 1 heterocycles. The maximum atomic E-state index is 12.4. The summed E-state index contributed by atoms with van der Waals surface area (Å²) >= 11 is 7.00. The Morgan fingerprint density at radius 2 is 1.96 bits per heavy atom. The number of benzene rings is 2. The molecule has 0 aliphatic carbocycles. The number of aromatic nitrogens is 2. The first kappa shape index (κ1) is 18.0. The van der Waals surface area contributed by atoms with Gasteiger partial charge in [0.1, 0.15) is 6.07 Å². The minimum atomic E-state index is -0.486. The smallest absolute Gasteiger partial charge is 0.277 e. The molecule has 6 nitrogen and oxygen atoms in total. The van der Waals surface area contributed by atoms with Crippen molar-refractivity contribution in [3.05, 3.63) is 59.1 Å². The van der Waals surface area contributed by atoms with E-state index in [1.54, 1.807) is 55.5 Å². The summed E-state index contributed by atoms with van der Waals surface area (Å²) in [7, 11) is 0. The molecule has 0 saturated heterocycles. The maximum absolute atomic E-state index is 12.4. The Morgan fingerprint density at radius 1 is 1.23 bits per heavy atom. The standard InChI is InChI=1S/C18H13ClN4O2S/c1-11(16(24)21-15-5-3-2-4-13(15)10-20)26-18-23-22-17(25-18)12-6-8-14(19)9-7-12/h2-9,11H,1H3,(H,21,24)/t11-/m0/s1. The molecule has 8 heteroatoms. The predicted molar refractivity (Wildman–Crippen MR) is 99.8 cm³/mol. The minimum absolute atomic E-state index is 0.260. The number of thioether (sulfide) groups is 1. The molecule has 0 aliphatic rings. The van der Waals surface area contributed by atoms with Crippen molar-refractivity contribution in [3.63, 3.8) is 0 Å². The quantitative estimate of drug-likeness (QED) is 0.656. The van der Waals surface area contributed by atoms with Gasteiger partial charge in [0, 0.05) is 10.6 Å². The van der Waals surface area contributed by atoms with E-state index >= 15 is 0 Å². The Hall–Kier alpha value is -2.82. The monoisotopic (exact) mass is 384 g/mol. The summed E-state index contributed by atoms with van der Waals surface area (Å²) in [5, 5.41) is 20.2.